The number of carbonyl (C=O) groups excluding carboxylic acids is 1. The summed E-state index contributed by atoms with van der Waals surface area (Å²) >= 11 is 0. The molecule has 0 radical (unpaired) electrons. The van der Waals surface area contributed by atoms with Crippen LogP contribution in [-0.2, 0) is 17.6 Å². The Bertz CT molecular complexity index is 767. The first-order valence-corrected chi connectivity index (χ1v) is 9.09. The number of amidine groups is 1. The molecule has 136 valence electrons. The van der Waals surface area contributed by atoms with Gasteiger partial charge in [-0.15, -0.1) is 0 Å². The number of ether oxygens (including phenoxy) is 1. The molecular weight excluding hydrogens is 326 g/mol. The van der Waals surface area contributed by atoms with Gasteiger partial charge in [-0.05, 0) is 54.7 Å². The SMILES string of the molecule is CCCc1ccc(C(=O)Nc2ccc(CC[C@H]3COC(N)=N3)cc2)cc1. The summed E-state index contributed by atoms with van der Waals surface area (Å²) in [6, 6.07) is 16.2. The van der Waals surface area contributed by atoms with Gasteiger partial charge in [0.05, 0.1) is 6.04 Å². The Balaban J connectivity index is 1.52. The third-order valence-electron chi connectivity index (χ3n) is 4.47. The molecule has 2 aromatic carbocycles. The lowest BCUT2D eigenvalue weighted by atomic mass is 10.1. The topological polar surface area (TPSA) is 76.7 Å². The number of anilines is 1. The van der Waals surface area contributed by atoms with E-state index in [1.165, 1.54) is 11.1 Å². The molecule has 3 rings (SSSR count). The quantitative estimate of drug-likeness (QED) is 0.801. The molecule has 5 nitrogen and oxygen atoms in total. The molecule has 1 amide bonds. The summed E-state index contributed by atoms with van der Waals surface area (Å²) in [5.74, 6) is -0.0892. The molecule has 0 aliphatic carbocycles. The van der Waals surface area contributed by atoms with Crippen molar-refractivity contribution in [1.29, 1.82) is 0 Å². The second-order valence-electron chi connectivity index (χ2n) is 6.57. The Morgan fingerprint density at radius 2 is 1.77 bits per heavy atom. The molecule has 0 aromatic heterocycles. The maximum absolute atomic E-state index is 12.3. The Hall–Kier alpha value is -2.82. The molecule has 1 heterocycles. The van der Waals surface area contributed by atoms with E-state index in [0.717, 1.165) is 31.4 Å². The first-order valence-electron chi connectivity index (χ1n) is 9.09. The van der Waals surface area contributed by atoms with Crippen molar-refractivity contribution in [3.63, 3.8) is 0 Å². The predicted octanol–water partition coefficient (Wildman–Crippen LogP) is 3.54. The van der Waals surface area contributed by atoms with Crippen molar-refractivity contribution in [2.75, 3.05) is 11.9 Å². The number of aliphatic imine (C=N–C) groups is 1. The molecule has 0 saturated heterocycles. The number of benzene rings is 2. The second kappa shape index (κ2) is 8.52. The highest BCUT2D eigenvalue weighted by molar-refractivity contribution is 6.04. The molecule has 1 aliphatic heterocycles. The number of carbonyl (C=O) groups is 1. The minimum atomic E-state index is -0.0892. The molecular formula is C21H25N3O2. The largest absolute Gasteiger partial charge is 0.463 e. The van der Waals surface area contributed by atoms with Gasteiger partial charge in [0, 0.05) is 11.3 Å². The zero-order chi connectivity index (χ0) is 18.4. The van der Waals surface area contributed by atoms with Crippen molar-refractivity contribution < 1.29 is 9.53 Å². The Labute approximate surface area is 154 Å². The van der Waals surface area contributed by atoms with Crippen LogP contribution in [0.5, 0.6) is 0 Å². The molecule has 0 fully saturated rings. The summed E-state index contributed by atoms with van der Waals surface area (Å²) < 4.78 is 5.16. The van der Waals surface area contributed by atoms with Gasteiger partial charge in [-0.25, -0.2) is 4.99 Å². The van der Waals surface area contributed by atoms with Crippen molar-refractivity contribution in [1.82, 2.24) is 0 Å². The van der Waals surface area contributed by atoms with Gasteiger partial charge in [0.15, 0.2) is 0 Å². The van der Waals surface area contributed by atoms with Crippen molar-refractivity contribution in [3.05, 3.63) is 65.2 Å². The third-order valence-corrected chi connectivity index (χ3v) is 4.47. The molecule has 5 heteroatoms. The van der Waals surface area contributed by atoms with Gasteiger partial charge in [-0.2, -0.15) is 0 Å². The highest BCUT2D eigenvalue weighted by Crippen LogP contribution is 2.16. The van der Waals surface area contributed by atoms with Gasteiger partial charge >= 0.3 is 0 Å². The summed E-state index contributed by atoms with van der Waals surface area (Å²) in [4.78, 5) is 16.6. The van der Waals surface area contributed by atoms with Crippen LogP contribution >= 0.6 is 0 Å². The van der Waals surface area contributed by atoms with Crippen LogP contribution in [0.1, 0.15) is 41.3 Å². The summed E-state index contributed by atoms with van der Waals surface area (Å²) in [5, 5.41) is 2.94. The molecule has 3 N–H and O–H groups in total. The second-order valence-corrected chi connectivity index (χ2v) is 6.57. The maximum atomic E-state index is 12.3. The van der Waals surface area contributed by atoms with Crippen molar-refractivity contribution in [3.8, 4) is 0 Å². The van der Waals surface area contributed by atoms with E-state index in [2.05, 4.69) is 17.2 Å². The van der Waals surface area contributed by atoms with Crippen LogP contribution in [0.3, 0.4) is 0 Å². The highest BCUT2D eigenvalue weighted by Gasteiger charge is 2.16. The minimum absolute atomic E-state index is 0.0892. The zero-order valence-corrected chi connectivity index (χ0v) is 15.1. The smallest absolute Gasteiger partial charge is 0.282 e. The van der Waals surface area contributed by atoms with Crippen molar-refractivity contribution in [2.24, 2.45) is 10.7 Å². The lowest BCUT2D eigenvalue weighted by Crippen LogP contribution is -2.12. The fourth-order valence-corrected chi connectivity index (χ4v) is 2.99. The van der Waals surface area contributed by atoms with E-state index in [1.54, 1.807) is 0 Å². The lowest BCUT2D eigenvalue weighted by Gasteiger charge is -2.08. The molecule has 0 bridgehead atoms. The average Bonchev–Trinajstić information content (AvgIpc) is 3.07. The minimum Gasteiger partial charge on any atom is -0.463 e. The van der Waals surface area contributed by atoms with Crippen LogP contribution in [0, 0.1) is 0 Å². The first-order chi connectivity index (χ1) is 12.6. The van der Waals surface area contributed by atoms with E-state index in [1.807, 2.05) is 48.5 Å². The van der Waals surface area contributed by atoms with Gasteiger partial charge in [0.1, 0.15) is 6.61 Å². The van der Waals surface area contributed by atoms with Crippen LogP contribution in [0.15, 0.2) is 53.5 Å². The standard InChI is InChI=1S/C21H25N3O2/c1-2-3-15-4-9-17(10-5-15)20(25)23-18-11-6-16(7-12-18)8-13-19-14-26-21(22)24-19/h4-7,9-12,19H,2-3,8,13-14H2,1H3,(H2,22,24)(H,23,25)/t19-/m0/s1. The number of nitrogens with two attached hydrogens (primary N) is 1. The van der Waals surface area contributed by atoms with Gasteiger partial charge in [0.25, 0.3) is 11.9 Å². The fraction of sp³-hybridized carbons (Fsp3) is 0.333. The molecule has 1 aliphatic rings. The number of amides is 1. The third kappa shape index (κ3) is 4.85. The molecule has 2 aromatic rings. The maximum Gasteiger partial charge on any atom is 0.282 e. The molecule has 1 atom stereocenters. The molecule has 0 unspecified atom stereocenters. The zero-order valence-electron chi connectivity index (χ0n) is 15.1. The van der Waals surface area contributed by atoms with Gasteiger partial charge < -0.3 is 15.8 Å². The summed E-state index contributed by atoms with van der Waals surface area (Å²) in [7, 11) is 0. The number of aryl methyl sites for hydroxylation is 2. The highest BCUT2D eigenvalue weighted by atomic mass is 16.5. The van der Waals surface area contributed by atoms with Crippen LogP contribution in [-0.4, -0.2) is 24.6 Å². The van der Waals surface area contributed by atoms with Gasteiger partial charge in [0.2, 0.25) is 0 Å². The van der Waals surface area contributed by atoms with Crippen molar-refractivity contribution >= 4 is 17.6 Å². The summed E-state index contributed by atoms with van der Waals surface area (Å²) in [6.45, 7) is 2.71. The molecule has 0 saturated carbocycles. The van der Waals surface area contributed by atoms with Gasteiger partial charge in [-0.3, -0.25) is 4.79 Å². The van der Waals surface area contributed by atoms with E-state index < -0.39 is 0 Å². The predicted molar refractivity (Wildman–Crippen MR) is 105 cm³/mol. The number of hydrogen-bond acceptors (Lipinski definition) is 4. The summed E-state index contributed by atoms with van der Waals surface area (Å²) in [5.41, 5.74) is 9.44. The Morgan fingerprint density at radius 3 is 2.38 bits per heavy atom. The monoisotopic (exact) mass is 351 g/mol. The average molecular weight is 351 g/mol. The van der Waals surface area contributed by atoms with E-state index in [-0.39, 0.29) is 18.0 Å². The fourth-order valence-electron chi connectivity index (χ4n) is 2.99. The van der Waals surface area contributed by atoms with Crippen molar-refractivity contribution in [2.45, 2.75) is 38.6 Å². The van der Waals surface area contributed by atoms with Crippen LogP contribution < -0.4 is 11.1 Å². The number of rotatable bonds is 7. The molecule has 26 heavy (non-hydrogen) atoms. The Kier molecular flexibility index (Phi) is 5.89. The number of nitrogens with zero attached hydrogens (tertiary/aromatic N) is 1. The first kappa shape index (κ1) is 18.0. The van der Waals surface area contributed by atoms with Crippen LogP contribution in [0.25, 0.3) is 0 Å². The van der Waals surface area contributed by atoms with E-state index >= 15 is 0 Å². The van der Waals surface area contributed by atoms with Crippen LogP contribution in [0.4, 0.5) is 5.69 Å². The summed E-state index contributed by atoms with van der Waals surface area (Å²) in [6.07, 6.45) is 3.94. The molecule has 0 spiro atoms. The van der Waals surface area contributed by atoms with E-state index in [4.69, 9.17) is 10.5 Å². The Morgan fingerprint density at radius 1 is 1.12 bits per heavy atom. The van der Waals surface area contributed by atoms with E-state index in [9.17, 15) is 4.79 Å². The lowest BCUT2D eigenvalue weighted by molar-refractivity contribution is 0.102. The van der Waals surface area contributed by atoms with Crippen LogP contribution in [0.2, 0.25) is 0 Å². The normalized spacial score (nSPS) is 16.0. The number of nitrogens with one attached hydrogen (secondary N) is 1. The van der Waals surface area contributed by atoms with E-state index in [0.29, 0.717) is 12.2 Å². The number of hydrogen-bond donors (Lipinski definition) is 2. The van der Waals surface area contributed by atoms with Gasteiger partial charge in [-0.1, -0.05) is 37.6 Å².